The third-order valence-electron chi connectivity index (χ3n) is 7.41. The molecule has 1 aliphatic carbocycles. The van der Waals surface area contributed by atoms with Gasteiger partial charge in [0, 0.05) is 42.1 Å². The van der Waals surface area contributed by atoms with E-state index in [0.717, 1.165) is 18.5 Å². The van der Waals surface area contributed by atoms with Gasteiger partial charge in [-0.3, -0.25) is 14.4 Å². The second kappa shape index (κ2) is 8.65. The van der Waals surface area contributed by atoms with Crippen molar-refractivity contribution in [1.82, 2.24) is 9.88 Å². The number of phenolic OH excluding ortho intramolecular Hbond substituents is 2. The normalized spacial score (nSPS) is 19.8. The molecule has 2 aliphatic rings. The number of Topliss-reactive ketones (excluding diaryl/α,β-unsaturated/α-hetero) is 2. The molecule has 0 saturated carbocycles. The van der Waals surface area contributed by atoms with Gasteiger partial charge in [-0.2, -0.15) is 0 Å². The van der Waals surface area contributed by atoms with E-state index in [1.807, 2.05) is 18.3 Å². The van der Waals surface area contributed by atoms with Crippen molar-refractivity contribution in [2.45, 2.75) is 46.1 Å². The predicted molar refractivity (Wildman–Crippen MR) is 138 cm³/mol. The minimum absolute atomic E-state index is 0.0244. The van der Waals surface area contributed by atoms with E-state index >= 15 is 0 Å². The predicted octanol–water partition coefficient (Wildman–Crippen LogP) is 4.20. The van der Waals surface area contributed by atoms with E-state index < -0.39 is 28.5 Å². The summed E-state index contributed by atoms with van der Waals surface area (Å²) >= 11 is 0. The maximum Gasteiger partial charge on any atom is 0.194 e. The molecular weight excluding hydrogens is 472 g/mol. The zero-order valence-corrected chi connectivity index (χ0v) is 21.1. The largest absolute Gasteiger partial charge is 0.507 e. The number of para-hydroxylation sites is 1. The first kappa shape index (κ1) is 24.4. The minimum Gasteiger partial charge on any atom is -0.507 e. The van der Waals surface area contributed by atoms with Crippen molar-refractivity contribution in [2.75, 3.05) is 6.54 Å². The topological polar surface area (TPSA) is 118 Å². The molecule has 0 fully saturated rings. The number of phenols is 2. The molecule has 190 valence electrons. The van der Waals surface area contributed by atoms with Crippen molar-refractivity contribution >= 4 is 28.3 Å². The molecule has 37 heavy (non-hydrogen) atoms. The number of rotatable bonds is 6. The van der Waals surface area contributed by atoms with E-state index in [1.165, 1.54) is 25.3 Å². The number of carbonyl (C=O) groups is 3. The first-order valence-electron chi connectivity index (χ1n) is 12.1. The lowest BCUT2D eigenvalue weighted by molar-refractivity contribution is -0.123. The summed E-state index contributed by atoms with van der Waals surface area (Å²) in [7, 11) is 0. The van der Waals surface area contributed by atoms with Crippen LogP contribution in [0.25, 0.3) is 10.9 Å². The van der Waals surface area contributed by atoms with Crippen LogP contribution in [0.2, 0.25) is 0 Å². The van der Waals surface area contributed by atoms with Crippen LogP contribution in [-0.4, -0.2) is 38.7 Å². The number of fused-ring (bicyclic) bond motifs is 4. The lowest BCUT2D eigenvalue weighted by atomic mass is 9.70. The number of carbonyl (C=O) groups excluding carboxylic acids is 3. The van der Waals surface area contributed by atoms with Crippen LogP contribution in [0.5, 0.6) is 17.2 Å². The van der Waals surface area contributed by atoms with E-state index in [9.17, 15) is 24.6 Å². The Morgan fingerprint density at radius 3 is 2.57 bits per heavy atom. The van der Waals surface area contributed by atoms with Crippen LogP contribution < -0.4 is 10.1 Å². The number of aromatic hydroxyl groups is 2. The fourth-order valence-electron chi connectivity index (χ4n) is 5.31. The van der Waals surface area contributed by atoms with Gasteiger partial charge in [0.15, 0.2) is 17.3 Å². The highest BCUT2D eigenvalue weighted by Crippen LogP contribution is 2.57. The van der Waals surface area contributed by atoms with E-state index in [-0.39, 0.29) is 39.5 Å². The summed E-state index contributed by atoms with van der Waals surface area (Å²) in [5.74, 6) is -2.35. The molecule has 8 heteroatoms. The number of ether oxygens (including phenoxy) is 1. The Labute approximate surface area is 213 Å². The number of nitrogens with zero attached hydrogens (tertiary/aromatic N) is 1. The van der Waals surface area contributed by atoms with Crippen LogP contribution in [-0.2, 0) is 21.5 Å². The number of aromatic nitrogens is 1. The monoisotopic (exact) mass is 500 g/mol. The number of ketones is 3. The number of allylic oxidation sites excluding steroid dienone is 4. The lowest BCUT2D eigenvalue weighted by Crippen LogP contribution is -2.41. The molecule has 1 aromatic heterocycles. The number of hydrogen-bond acceptors (Lipinski definition) is 7. The molecule has 8 nitrogen and oxygen atoms in total. The maximum absolute atomic E-state index is 13.8. The van der Waals surface area contributed by atoms with Gasteiger partial charge in [-0.15, -0.1) is 0 Å². The average Bonchev–Trinajstić information content (AvgIpc) is 3.39. The summed E-state index contributed by atoms with van der Waals surface area (Å²) in [6.45, 7) is 7.26. The minimum atomic E-state index is -1.52. The molecule has 2 aromatic carbocycles. The summed E-state index contributed by atoms with van der Waals surface area (Å²) < 4.78 is 7.96. The molecule has 0 bridgehead atoms. The fraction of sp³-hybridized carbons (Fsp3) is 0.276. The first-order valence-corrected chi connectivity index (χ1v) is 12.1. The van der Waals surface area contributed by atoms with Crippen molar-refractivity contribution in [1.29, 1.82) is 0 Å². The van der Waals surface area contributed by atoms with Crippen LogP contribution >= 0.6 is 0 Å². The quantitative estimate of drug-likeness (QED) is 0.201. The van der Waals surface area contributed by atoms with E-state index in [1.54, 1.807) is 13.8 Å². The molecule has 0 radical (unpaired) electrons. The fourth-order valence-corrected chi connectivity index (χ4v) is 5.31. The van der Waals surface area contributed by atoms with Crippen molar-refractivity contribution in [2.24, 2.45) is 0 Å². The smallest absolute Gasteiger partial charge is 0.194 e. The van der Waals surface area contributed by atoms with Crippen LogP contribution in [0.4, 0.5) is 0 Å². The van der Waals surface area contributed by atoms with Crippen molar-refractivity contribution in [3.63, 3.8) is 0 Å². The summed E-state index contributed by atoms with van der Waals surface area (Å²) in [6.07, 6.45) is 4.03. The van der Waals surface area contributed by atoms with Gasteiger partial charge in [-0.25, -0.2) is 0 Å². The molecule has 0 amide bonds. The van der Waals surface area contributed by atoms with Crippen LogP contribution in [0.3, 0.4) is 0 Å². The number of aryl methyl sites for hydroxylation is 1. The Morgan fingerprint density at radius 2 is 1.84 bits per heavy atom. The van der Waals surface area contributed by atoms with Crippen molar-refractivity contribution in [3.8, 4) is 17.2 Å². The molecule has 3 N–H and O–H groups in total. The van der Waals surface area contributed by atoms with Gasteiger partial charge in [-0.1, -0.05) is 18.2 Å². The highest BCUT2D eigenvalue weighted by Gasteiger charge is 2.56. The van der Waals surface area contributed by atoms with Crippen molar-refractivity contribution < 1.29 is 29.3 Å². The average molecular weight is 501 g/mol. The van der Waals surface area contributed by atoms with Gasteiger partial charge in [0.1, 0.15) is 34.0 Å². The summed E-state index contributed by atoms with van der Waals surface area (Å²) in [6, 6.07) is 10.2. The SMILES string of the molecule is CC(=O)c1c(O)c(C)c(O)c2c1OC1=CC(=O)C(=C(C)NCCCn3ccc4ccccc43)C(=O)C12C. The van der Waals surface area contributed by atoms with Gasteiger partial charge >= 0.3 is 0 Å². The van der Waals surface area contributed by atoms with Gasteiger partial charge in [0.05, 0.1) is 11.1 Å². The second-order valence-corrected chi connectivity index (χ2v) is 9.73. The molecule has 0 spiro atoms. The maximum atomic E-state index is 13.8. The second-order valence-electron chi connectivity index (χ2n) is 9.73. The third kappa shape index (κ3) is 3.55. The Kier molecular flexibility index (Phi) is 5.70. The van der Waals surface area contributed by atoms with Gasteiger partial charge in [-0.05, 0) is 51.6 Å². The Morgan fingerprint density at radius 1 is 1.11 bits per heavy atom. The zero-order valence-electron chi connectivity index (χ0n) is 21.1. The number of nitrogens with one attached hydrogen (secondary N) is 1. The van der Waals surface area contributed by atoms with E-state index in [4.69, 9.17) is 4.74 Å². The highest BCUT2D eigenvalue weighted by molar-refractivity contribution is 6.31. The van der Waals surface area contributed by atoms with Crippen LogP contribution in [0.1, 0.15) is 48.7 Å². The van der Waals surface area contributed by atoms with Gasteiger partial charge in [0.25, 0.3) is 0 Å². The molecule has 0 saturated heterocycles. The number of hydrogen-bond donors (Lipinski definition) is 3. The summed E-state index contributed by atoms with van der Waals surface area (Å²) in [5.41, 5.74) is 0.0619. The number of benzene rings is 2. The molecule has 3 aromatic rings. The third-order valence-corrected chi connectivity index (χ3v) is 7.41. The first-order chi connectivity index (χ1) is 17.6. The molecule has 5 rings (SSSR count). The van der Waals surface area contributed by atoms with Crippen LogP contribution in [0.15, 0.2) is 59.6 Å². The Bertz CT molecular complexity index is 1570. The molecule has 1 aliphatic heterocycles. The molecule has 1 atom stereocenters. The van der Waals surface area contributed by atoms with Gasteiger partial charge < -0.3 is 24.8 Å². The lowest BCUT2D eigenvalue weighted by Gasteiger charge is -2.29. The summed E-state index contributed by atoms with van der Waals surface area (Å²) in [4.78, 5) is 39.2. The van der Waals surface area contributed by atoms with Crippen molar-refractivity contribution in [3.05, 3.63) is 76.3 Å². The van der Waals surface area contributed by atoms with E-state index in [0.29, 0.717) is 12.2 Å². The molecule has 2 heterocycles. The molecular formula is C29H28N2O6. The Hall–Kier alpha value is -4.33. The van der Waals surface area contributed by atoms with Crippen LogP contribution in [0, 0.1) is 6.92 Å². The van der Waals surface area contributed by atoms with Gasteiger partial charge in [0.2, 0.25) is 0 Å². The Balaban J connectivity index is 1.43. The van der Waals surface area contributed by atoms with E-state index in [2.05, 4.69) is 28.1 Å². The molecule has 1 unspecified atom stereocenters. The standard InChI is InChI=1S/C29H28N2O6/c1-15-25(34)23(17(3)32)27-24(26(15)35)29(4)21(37-27)14-20(33)22(28(29)36)16(2)30-11-7-12-31-13-10-18-8-5-6-9-19(18)31/h5-6,8-10,13-14,30,34-35H,7,11-12H2,1-4H3. The highest BCUT2D eigenvalue weighted by atomic mass is 16.5. The zero-order chi connectivity index (χ0) is 26.6. The summed E-state index contributed by atoms with van der Waals surface area (Å²) in [5, 5.41) is 25.8.